The lowest BCUT2D eigenvalue weighted by Gasteiger charge is -2.19. The molecule has 3 heterocycles. The van der Waals surface area contributed by atoms with Gasteiger partial charge in [0, 0.05) is 4.88 Å². The molecular weight excluding hydrogens is 366 g/mol. The largest absolute Gasteiger partial charge is 0.444 e. The van der Waals surface area contributed by atoms with E-state index in [-0.39, 0.29) is 12.3 Å². The minimum atomic E-state index is -0.104. The van der Waals surface area contributed by atoms with Crippen molar-refractivity contribution in [2.45, 2.75) is 45.4 Å². The zero-order valence-electron chi connectivity index (χ0n) is 14.7. The monoisotopic (exact) mass is 387 g/mol. The van der Waals surface area contributed by atoms with Crippen LogP contribution in [0.15, 0.2) is 28.2 Å². The van der Waals surface area contributed by atoms with Crippen molar-refractivity contribution in [2.24, 2.45) is 5.92 Å². The zero-order valence-corrected chi connectivity index (χ0v) is 16.3. The van der Waals surface area contributed by atoms with Crippen LogP contribution in [0.25, 0.3) is 10.8 Å². The first-order chi connectivity index (χ1) is 12.7. The van der Waals surface area contributed by atoms with Gasteiger partial charge in [-0.25, -0.2) is 9.97 Å². The van der Waals surface area contributed by atoms with E-state index < -0.39 is 0 Å². The molecule has 0 aromatic carbocycles. The molecule has 1 N–H and O–H groups in total. The van der Waals surface area contributed by atoms with E-state index in [0.29, 0.717) is 16.7 Å². The quantitative estimate of drug-likeness (QED) is 0.650. The number of rotatable bonds is 6. The van der Waals surface area contributed by atoms with Gasteiger partial charge in [0.05, 0.1) is 22.7 Å². The third-order valence-corrected chi connectivity index (χ3v) is 6.50. The van der Waals surface area contributed by atoms with Crippen molar-refractivity contribution in [3.8, 4) is 10.8 Å². The highest BCUT2D eigenvalue weighted by molar-refractivity contribution is 7.15. The van der Waals surface area contributed by atoms with Crippen molar-refractivity contribution in [3.05, 3.63) is 40.0 Å². The average Bonchev–Trinajstić information content (AvgIpc) is 3.34. The van der Waals surface area contributed by atoms with Gasteiger partial charge in [-0.2, -0.15) is 0 Å². The van der Waals surface area contributed by atoms with Crippen LogP contribution in [0.2, 0.25) is 0 Å². The number of anilines is 1. The van der Waals surface area contributed by atoms with E-state index in [9.17, 15) is 4.79 Å². The number of thiophene rings is 1. The van der Waals surface area contributed by atoms with Gasteiger partial charge in [0.1, 0.15) is 6.26 Å². The van der Waals surface area contributed by atoms with Gasteiger partial charge in [-0.05, 0) is 36.6 Å². The van der Waals surface area contributed by atoms with E-state index in [0.717, 1.165) is 23.6 Å². The number of amides is 1. The summed E-state index contributed by atoms with van der Waals surface area (Å²) in [5.41, 5.74) is 1.80. The summed E-state index contributed by atoms with van der Waals surface area (Å²) in [4.78, 5) is 23.6. The van der Waals surface area contributed by atoms with Crippen molar-refractivity contribution in [3.63, 3.8) is 0 Å². The number of aromatic nitrogens is 2. The molecule has 0 saturated carbocycles. The molecule has 1 amide bonds. The van der Waals surface area contributed by atoms with Gasteiger partial charge in [-0.3, -0.25) is 4.79 Å². The van der Waals surface area contributed by atoms with E-state index in [2.05, 4.69) is 22.2 Å². The van der Waals surface area contributed by atoms with E-state index in [1.54, 1.807) is 28.9 Å². The highest BCUT2D eigenvalue weighted by Gasteiger charge is 2.22. The minimum Gasteiger partial charge on any atom is -0.444 e. The standard InChI is InChI=1S/C19H21N3O2S2/c1-2-4-12-6-7-14-16(9-12)26-19(21-14)22-17(23)10-13-11-24-18(20-13)15-5-3-8-25-15/h3,5,8,11-12H,2,4,6-7,9-10H2,1H3,(H,21,22,23). The van der Waals surface area contributed by atoms with Gasteiger partial charge in [-0.15, -0.1) is 22.7 Å². The van der Waals surface area contributed by atoms with Crippen molar-refractivity contribution in [2.75, 3.05) is 5.32 Å². The van der Waals surface area contributed by atoms with Gasteiger partial charge >= 0.3 is 0 Å². The Bertz CT molecular complexity index is 883. The molecule has 0 fully saturated rings. The maximum Gasteiger partial charge on any atom is 0.236 e. The van der Waals surface area contributed by atoms with Gasteiger partial charge in [0.15, 0.2) is 5.13 Å². The topological polar surface area (TPSA) is 68.0 Å². The molecule has 0 spiro atoms. The van der Waals surface area contributed by atoms with Crippen LogP contribution in [0.5, 0.6) is 0 Å². The molecule has 0 aliphatic heterocycles. The van der Waals surface area contributed by atoms with Crippen molar-refractivity contribution >= 4 is 33.7 Å². The highest BCUT2D eigenvalue weighted by atomic mass is 32.1. The molecule has 0 radical (unpaired) electrons. The molecule has 26 heavy (non-hydrogen) atoms. The molecule has 0 bridgehead atoms. The number of carbonyl (C=O) groups excluding carboxylic acids is 1. The molecule has 7 heteroatoms. The third-order valence-electron chi connectivity index (χ3n) is 4.61. The summed E-state index contributed by atoms with van der Waals surface area (Å²) in [6, 6.07) is 3.90. The second kappa shape index (κ2) is 7.72. The summed E-state index contributed by atoms with van der Waals surface area (Å²) in [5, 5.41) is 5.61. The fourth-order valence-corrected chi connectivity index (χ4v) is 5.18. The van der Waals surface area contributed by atoms with Crippen LogP contribution < -0.4 is 5.32 Å². The predicted molar refractivity (Wildman–Crippen MR) is 105 cm³/mol. The van der Waals surface area contributed by atoms with Gasteiger partial charge in [-0.1, -0.05) is 25.8 Å². The molecule has 5 nitrogen and oxygen atoms in total. The highest BCUT2D eigenvalue weighted by Crippen LogP contribution is 2.34. The fraction of sp³-hybridized carbons (Fsp3) is 0.421. The second-order valence-corrected chi connectivity index (χ2v) is 8.66. The number of hydrogen-bond donors (Lipinski definition) is 1. The number of aryl methyl sites for hydroxylation is 1. The third kappa shape index (κ3) is 3.88. The molecule has 1 aliphatic carbocycles. The second-order valence-electron chi connectivity index (χ2n) is 6.63. The van der Waals surface area contributed by atoms with Gasteiger partial charge < -0.3 is 9.73 Å². The lowest BCUT2D eigenvalue weighted by molar-refractivity contribution is -0.115. The molecule has 1 atom stereocenters. The molecule has 1 unspecified atom stereocenters. The Morgan fingerprint density at radius 2 is 2.35 bits per heavy atom. The number of nitrogens with zero attached hydrogens (tertiary/aromatic N) is 2. The van der Waals surface area contributed by atoms with E-state index in [1.807, 2.05) is 17.5 Å². The molecule has 0 saturated heterocycles. The summed E-state index contributed by atoms with van der Waals surface area (Å²) in [5.74, 6) is 1.23. The average molecular weight is 388 g/mol. The molecule has 4 rings (SSSR count). The first kappa shape index (κ1) is 17.4. The Morgan fingerprint density at radius 1 is 1.42 bits per heavy atom. The molecule has 1 aliphatic rings. The van der Waals surface area contributed by atoms with E-state index in [4.69, 9.17) is 4.42 Å². The number of thiazole rings is 1. The summed E-state index contributed by atoms with van der Waals surface area (Å²) in [7, 11) is 0. The predicted octanol–water partition coefficient (Wildman–Crippen LogP) is 4.95. The number of nitrogens with one attached hydrogen (secondary N) is 1. The Hall–Kier alpha value is -1.99. The first-order valence-corrected chi connectivity index (χ1v) is 10.7. The first-order valence-electron chi connectivity index (χ1n) is 8.98. The van der Waals surface area contributed by atoms with Crippen LogP contribution in [-0.4, -0.2) is 15.9 Å². The lowest BCUT2D eigenvalue weighted by Crippen LogP contribution is -2.14. The maximum absolute atomic E-state index is 12.3. The Morgan fingerprint density at radius 3 is 3.15 bits per heavy atom. The Kier molecular flexibility index (Phi) is 5.17. The van der Waals surface area contributed by atoms with Crippen LogP contribution in [0.1, 0.15) is 42.5 Å². The van der Waals surface area contributed by atoms with Gasteiger partial charge in [0.25, 0.3) is 0 Å². The lowest BCUT2D eigenvalue weighted by atomic mass is 9.88. The van der Waals surface area contributed by atoms with Crippen LogP contribution in [0.3, 0.4) is 0 Å². The smallest absolute Gasteiger partial charge is 0.236 e. The van der Waals surface area contributed by atoms with E-state index >= 15 is 0 Å². The Labute approximate surface area is 160 Å². The van der Waals surface area contributed by atoms with Crippen LogP contribution >= 0.6 is 22.7 Å². The Balaban J connectivity index is 1.37. The number of carbonyl (C=O) groups is 1. The number of hydrogen-bond acceptors (Lipinski definition) is 6. The summed E-state index contributed by atoms with van der Waals surface area (Å²) in [6.45, 7) is 2.24. The summed E-state index contributed by atoms with van der Waals surface area (Å²) in [6.07, 6.45) is 7.59. The van der Waals surface area contributed by atoms with Crippen molar-refractivity contribution < 1.29 is 9.21 Å². The van der Waals surface area contributed by atoms with Crippen LogP contribution in [0.4, 0.5) is 5.13 Å². The van der Waals surface area contributed by atoms with Crippen molar-refractivity contribution in [1.29, 1.82) is 0 Å². The van der Waals surface area contributed by atoms with Crippen LogP contribution in [-0.2, 0) is 24.1 Å². The maximum atomic E-state index is 12.3. The van der Waals surface area contributed by atoms with Crippen LogP contribution in [0, 0.1) is 5.92 Å². The summed E-state index contributed by atoms with van der Waals surface area (Å²) < 4.78 is 5.47. The minimum absolute atomic E-state index is 0.104. The molecule has 136 valence electrons. The zero-order chi connectivity index (χ0) is 17.9. The fourth-order valence-electron chi connectivity index (χ4n) is 3.38. The van der Waals surface area contributed by atoms with Crippen molar-refractivity contribution in [1.82, 2.24) is 9.97 Å². The SMILES string of the molecule is CCCC1CCc2nc(NC(=O)Cc3coc(-c4cccs4)n3)sc2C1. The molecular formula is C19H21N3O2S2. The summed E-state index contributed by atoms with van der Waals surface area (Å²) >= 11 is 3.19. The van der Waals surface area contributed by atoms with Gasteiger partial charge in [0.2, 0.25) is 11.8 Å². The normalized spacial score (nSPS) is 16.4. The number of oxazole rings is 1. The molecule has 3 aromatic rings. The number of fused-ring (bicyclic) bond motifs is 1. The van der Waals surface area contributed by atoms with E-state index in [1.165, 1.54) is 29.8 Å². The molecule has 3 aromatic heterocycles.